The van der Waals surface area contributed by atoms with E-state index in [9.17, 15) is 5.11 Å². The second kappa shape index (κ2) is 5.43. The summed E-state index contributed by atoms with van der Waals surface area (Å²) in [5, 5.41) is 11.6. The van der Waals surface area contributed by atoms with Crippen LogP contribution in [0.5, 0.6) is 0 Å². The number of aryl methyl sites for hydroxylation is 1. The fourth-order valence-corrected chi connectivity index (χ4v) is 3.15. The Morgan fingerprint density at radius 2 is 2.16 bits per heavy atom. The molecule has 2 unspecified atom stereocenters. The molecule has 19 heavy (non-hydrogen) atoms. The van der Waals surface area contributed by atoms with Crippen LogP contribution in [0.3, 0.4) is 0 Å². The highest BCUT2D eigenvalue weighted by Gasteiger charge is 2.41. The summed E-state index contributed by atoms with van der Waals surface area (Å²) in [6, 6.07) is 6.02. The van der Waals surface area contributed by atoms with Crippen LogP contribution >= 0.6 is 11.6 Å². The molecule has 1 aliphatic rings. The molecule has 2 nitrogen and oxygen atoms in total. The van der Waals surface area contributed by atoms with Crippen LogP contribution in [-0.4, -0.2) is 22.9 Å². The van der Waals surface area contributed by atoms with Crippen molar-refractivity contribution in [1.82, 2.24) is 0 Å². The molecule has 0 saturated carbocycles. The van der Waals surface area contributed by atoms with Gasteiger partial charge in [0, 0.05) is 17.9 Å². The highest BCUT2D eigenvalue weighted by molar-refractivity contribution is 6.31. The van der Waals surface area contributed by atoms with Gasteiger partial charge in [-0.3, -0.25) is 0 Å². The first-order valence-electron chi connectivity index (χ1n) is 6.97. The van der Waals surface area contributed by atoms with E-state index < -0.39 is 5.60 Å². The molecule has 1 aromatic carbocycles. The summed E-state index contributed by atoms with van der Waals surface area (Å²) in [6.07, 6.45) is 2.86. The third-order valence-corrected chi connectivity index (χ3v) is 4.55. The monoisotopic (exact) mass is 282 g/mol. The van der Waals surface area contributed by atoms with Gasteiger partial charge in [-0.1, -0.05) is 30.7 Å². The van der Waals surface area contributed by atoms with E-state index in [0.717, 1.165) is 22.6 Å². The summed E-state index contributed by atoms with van der Waals surface area (Å²) in [6.45, 7) is 6.82. The SMILES string of the molecule is CCC1(C)CC(O)(Cc2ccc(C)cc2Cl)CCO1. The Kier molecular flexibility index (Phi) is 4.24. The van der Waals surface area contributed by atoms with E-state index in [4.69, 9.17) is 16.3 Å². The first-order chi connectivity index (χ1) is 8.86. The van der Waals surface area contributed by atoms with Crippen molar-refractivity contribution in [3.63, 3.8) is 0 Å². The standard InChI is InChI=1S/C16H23ClO2/c1-4-15(3)11-16(18,7-8-19-15)10-13-6-5-12(2)9-14(13)17/h5-6,9,18H,4,7-8,10-11H2,1-3H3. The molecule has 1 saturated heterocycles. The van der Waals surface area contributed by atoms with Gasteiger partial charge in [0.05, 0.1) is 17.8 Å². The lowest BCUT2D eigenvalue weighted by molar-refractivity contribution is -0.152. The second-order valence-electron chi connectivity index (χ2n) is 6.07. The second-order valence-corrected chi connectivity index (χ2v) is 6.48. The number of aliphatic hydroxyl groups is 1. The van der Waals surface area contributed by atoms with E-state index in [1.165, 1.54) is 0 Å². The van der Waals surface area contributed by atoms with Crippen LogP contribution in [0, 0.1) is 6.92 Å². The van der Waals surface area contributed by atoms with Gasteiger partial charge in [-0.25, -0.2) is 0 Å². The molecule has 106 valence electrons. The molecule has 3 heteroatoms. The maximum absolute atomic E-state index is 10.8. The highest BCUT2D eigenvalue weighted by Crippen LogP contribution is 2.37. The van der Waals surface area contributed by atoms with Gasteiger partial charge in [-0.15, -0.1) is 0 Å². The van der Waals surface area contributed by atoms with Crippen molar-refractivity contribution in [2.24, 2.45) is 0 Å². The molecule has 1 fully saturated rings. The van der Waals surface area contributed by atoms with Crippen molar-refractivity contribution in [2.45, 2.75) is 57.7 Å². The first kappa shape index (κ1) is 14.8. The highest BCUT2D eigenvalue weighted by atomic mass is 35.5. The van der Waals surface area contributed by atoms with E-state index in [1.54, 1.807) is 0 Å². The van der Waals surface area contributed by atoms with Crippen molar-refractivity contribution in [3.05, 3.63) is 34.3 Å². The topological polar surface area (TPSA) is 29.5 Å². The molecule has 2 atom stereocenters. The summed E-state index contributed by atoms with van der Waals surface area (Å²) in [7, 11) is 0. The number of ether oxygens (including phenoxy) is 1. The van der Waals surface area contributed by atoms with Gasteiger partial charge in [0.1, 0.15) is 0 Å². The molecule has 1 heterocycles. The average molecular weight is 283 g/mol. The molecule has 1 aliphatic heterocycles. The summed E-state index contributed by atoms with van der Waals surface area (Å²) < 4.78 is 5.80. The summed E-state index contributed by atoms with van der Waals surface area (Å²) in [5.74, 6) is 0. The van der Waals surface area contributed by atoms with Crippen LogP contribution in [0.1, 0.15) is 44.2 Å². The number of halogens is 1. The first-order valence-corrected chi connectivity index (χ1v) is 7.35. The summed E-state index contributed by atoms with van der Waals surface area (Å²) in [4.78, 5) is 0. The Labute approximate surface area is 120 Å². The van der Waals surface area contributed by atoms with Crippen LogP contribution in [0.2, 0.25) is 5.02 Å². The van der Waals surface area contributed by atoms with Crippen LogP contribution < -0.4 is 0 Å². The Hall–Kier alpha value is -0.570. The molecule has 0 bridgehead atoms. The summed E-state index contributed by atoms with van der Waals surface area (Å²) in [5.41, 5.74) is 1.24. The average Bonchev–Trinajstić information content (AvgIpc) is 2.33. The minimum atomic E-state index is -0.706. The van der Waals surface area contributed by atoms with Gasteiger partial charge in [0.25, 0.3) is 0 Å². The van der Waals surface area contributed by atoms with Crippen molar-refractivity contribution >= 4 is 11.6 Å². The normalized spacial score (nSPS) is 31.4. The van der Waals surface area contributed by atoms with Crippen LogP contribution in [0.25, 0.3) is 0 Å². The quantitative estimate of drug-likeness (QED) is 0.911. The number of hydrogen-bond acceptors (Lipinski definition) is 2. The van der Waals surface area contributed by atoms with Crippen molar-refractivity contribution in [1.29, 1.82) is 0 Å². The minimum Gasteiger partial charge on any atom is -0.389 e. The van der Waals surface area contributed by atoms with Gasteiger partial charge < -0.3 is 9.84 Å². The van der Waals surface area contributed by atoms with Crippen molar-refractivity contribution in [2.75, 3.05) is 6.61 Å². The molecule has 0 radical (unpaired) electrons. The van der Waals surface area contributed by atoms with Gasteiger partial charge >= 0.3 is 0 Å². The lowest BCUT2D eigenvalue weighted by Gasteiger charge is -2.43. The lowest BCUT2D eigenvalue weighted by atomic mass is 9.78. The zero-order valence-corrected chi connectivity index (χ0v) is 12.8. The van der Waals surface area contributed by atoms with E-state index in [0.29, 0.717) is 25.9 Å². The zero-order chi connectivity index (χ0) is 14.1. The molecular formula is C16H23ClO2. The predicted octanol–water partition coefficient (Wildman–Crippen LogP) is 3.90. The number of hydrogen-bond donors (Lipinski definition) is 1. The minimum absolute atomic E-state index is 0.218. The Bertz CT molecular complexity index is 460. The molecule has 1 N–H and O–H groups in total. The van der Waals surface area contributed by atoms with Crippen LogP contribution in [-0.2, 0) is 11.2 Å². The molecule has 0 spiro atoms. The van der Waals surface area contributed by atoms with Crippen molar-refractivity contribution < 1.29 is 9.84 Å². The van der Waals surface area contributed by atoms with Crippen LogP contribution in [0.15, 0.2) is 18.2 Å². The number of benzene rings is 1. The van der Waals surface area contributed by atoms with Crippen molar-refractivity contribution in [3.8, 4) is 0 Å². The van der Waals surface area contributed by atoms with Gasteiger partial charge in [-0.2, -0.15) is 0 Å². The Balaban J connectivity index is 2.16. The van der Waals surface area contributed by atoms with Gasteiger partial charge in [-0.05, 0) is 43.9 Å². The maximum Gasteiger partial charge on any atom is 0.0737 e. The van der Waals surface area contributed by atoms with E-state index >= 15 is 0 Å². The Morgan fingerprint density at radius 1 is 1.42 bits per heavy atom. The smallest absolute Gasteiger partial charge is 0.0737 e. The largest absolute Gasteiger partial charge is 0.389 e. The van der Waals surface area contributed by atoms with Gasteiger partial charge in [0.15, 0.2) is 0 Å². The van der Waals surface area contributed by atoms with E-state index in [1.807, 2.05) is 25.1 Å². The third-order valence-electron chi connectivity index (χ3n) is 4.20. The zero-order valence-electron chi connectivity index (χ0n) is 12.0. The van der Waals surface area contributed by atoms with E-state index in [2.05, 4.69) is 13.8 Å². The maximum atomic E-state index is 10.8. The Morgan fingerprint density at radius 3 is 2.79 bits per heavy atom. The molecule has 1 aromatic rings. The molecule has 0 amide bonds. The fourth-order valence-electron chi connectivity index (χ4n) is 2.85. The summed E-state index contributed by atoms with van der Waals surface area (Å²) >= 11 is 6.27. The molecule has 2 rings (SSSR count). The number of rotatable bonds is 3. The lowest BCUT2D eigenvalue weighted by Crippen LogP contribution is -2.48. The molecule has 0 aromatic heterocycles. The predicted molar refractivity (Wildman–Crippen MR) is 78.7 cm³/mol. The van der Waals surface area contributed by atoms with Gasteiger partial charge in [0.2, 0.25) is 0 Å². The van der Waals surface area contributed by atoms with Crippen LogP contribution in [0.4, 0.5) is 0 Å². The molecule has 0 aliphatic carbocycles. The fraction of sp³-hybridized carbons (Fsp3) is 0.625. The van der Waals surface area contributed by atoms with E-state index in [-0.39, 0.29) is 5.60 Å². The molecular weight excluding hydrogens is 260 g/mol. The third kappa shape index (κ3) is 3.50.